The number of aryl methyl sites for hydroxylation is 1. The monoisotopic (exact) mass is 666 g/mol. The Hall–Kier alpha value is -2.70. The zero-order valence-electron chi connectivity index (χ0n) is 26.7. The number of phosphoric acid groups is 2. The molecule has 2 aliphatic heterocycles. The average molecular weight is 667 g/mol. The third-order valence-electron chi connectivity index (χ3n) is 8.71. The van der Waals surface area contributed by atoms with Crippen molar-refractivity contribution in [3.63, 3.8) is 0 Å². The van der Waals surface area contributed by atoms with Gasteiger partial charge in [-0.25, -0.2) is 9.13 Å². The van der Waals surface area contributed by atoms with Gasteiger partial charge in [0.2, 0.25) is 0 Å². The molecule has 246 valence electrons. The molecule has 10 heteroatoms. The predicted octanol–water partition coefficient (Wildman–Crippen LogP) is 11.0. The van der Waals surface area contributed by atoms with Crippen LogP contribution in [0.15, 0.2) is 84.4 Å². The van der Waals surface area contributed by atoms with E-state index in [2.05, 4.69) is 19.9 Å². The van der Waals surface area contributed by atoms with Crippen LogP contribution < -0.4 is 9.05 Å². The summed E-state index contributed by atoms with van der Waals surface area (Å²) in [6.45, 7) is 4.72. The Bertz CT molecular complexity index is 1500. The van der Waals surface area contributed by atoms with Crippen LogP contribution in [0, 0.1) is 0 Å². The van der Waals surface area contributed by atoms with Crippen molar-refractivity contribution in [3.8, 4) is 11.5 Å². The summed E-state index contributed by atoms with van der Waals surface area (Å²) in [4.78, 5) is 0. The standard InChI is InChI=1S/C36H44O8P2/c1-3-4-7-14-28-25-34(43-45(37)39-22-20-32(41-45)29-15-8-5-9-16-29)36(31-19-12-13-27(2)24-31)35(26-28)44-46(38)40-23-21-33(42-46)30-17-10-6-11-18-30/h5-6,8-11,15-18,24-26,31-33H,3-4,7,12-14,19-23H2,1-2H3. The topological polar surface area (TPSA) is 89.5 Å². The van der Waals surface area contributed by atoms with Gasteiger partial charge in [-0.3, -0.25) is 18.1 Å². The minimum absolute atomic E-state index is 0.133. The molecule has 3 aliphatic rings. The van der Waals surface area contributed by atoms with Crippen molar-refractivity contribution in [1.82, 2.24) is 0 Å². The number of hydrogen-bond acceptors (Lipinski definition) is 8. The number of phosphoric ester groups is 2. The first-order chi connectivity index (χ1) is 22.3. The maximum atomic E-state index is 14.2. The summed E-state index contributed by atoms with van der Waals surface area (Å²) in [5, 5.41) is 0. The zero-order valence-corrected chi connectivity index (χ0v) is 28.5. The Morgan fingerprint density at radius 1 is 0.761 bits per heavy atom. The van der Waals surface area contributed by atoms with E-state index in [0.717, 1.165) is 61.6 Å². The molecule has 0 radical (unpaired) electrons. The summed E-state index contributed by atoms with van der Waals surface area (Å²) in [6.07, 6.45) is 8.99. The molecule has 0 amide bonds. The van der Waals surface area contributed by atoms with Gasteiger partial charge in [-0.15, -0.1) is 0 Å². The maximum absolute atomic E-state index is 14.2. The molecule has 3 aromatic carbocycles. The SMILES string of the molecule is CCCCCc1cc(OP2(=O)OCCC(c3ccccc3)O2)c(C2C=C(C)CCC2)c(OP2(=O)OCCC(c3ccccc3)O2)c1. The average Bonchev–Trinajstić information content (AvgIpc) is 3.05. The van der Waals surface area contributed by atoms with Crippen LogP contribution in [-0.2, 0) is 33.6 Å². The number of unbranched alkanes of at least 4 members (excludes halogenated alkanes) is 2. The highest BCUT2D eigenvalue weighted by Crippen LogP contribution is 2.61. The molecule has 6 rings (SSSR count). The van der Waals surface area contributed by atoms with Crippen molar-refractivity contribution >= 4 is 15.6 Å². The van der Waals surface area contributed by atoms with Gasteiger partial charge < -0.3 is 9.05 Å². The van der Waals surface area contributed by atoms with Crippen molar-refractivity contribution < 1.29 is 36.3 Å². The molecular formula is C36H44O8P2. The fourth-order valence-electron chi connectivity index (χ4n) is 6.38. The molecule has 2 heterocycles. The van der Waals surface area contributed by atoms with Gasteiger partial charge in [0.1, 0.15) is 11.5 Å². The predicted molar refractivity (Wildman–Crippen MR) is 178 cm³/mol. The first kappa shape index (κ1) is 33.2. The smallest absolute Gasteiger partial charge is 0.404 e. The lowest BCUT2D eigenvalue weighted by molar-refractivity contribution is 0.0502. The second-order valence-electron chi connectivity index (χ2n) is 12.3. The summed E-state index contributed by atoms with van der Waals surface area (Å²) in [6, 6.07) is 23.2. The van der Waals surface area contributed by atoms with Crippen LogP contribution in [0.1, 0.15) is 106 Å². The highest BCUT2D eigenvalue weighted by molar-refractivity contribution is 7.49. The molecule has 5 atom stereocenters. The quantitative estimate of drug-likeness (QED) is 0.113. The first-order valence-corrected chi connectivity index (χ1v) is 19.4. The molecule has 0 saturated carbocycles. The summed E-state index contributed by atoms with van der Waals surface area (Å²) in [5.41, 5.74) is 4.62. The molecule has 8 nitrogen and oxygen atoms in total. The van der Waals surface area contributed by atoms with Crippen LogP contribution in [0.3, 0.4) is 0 Å². The molecule has 1 aliphatic carbocycles. The Morgan fingerprint density at radius 3 is 1.80 bits per heavy atom. The van der Waals surface area contributed by atoms with Crippen molar-refractivity contribution in [2.45, 2.75) is 89.8 Å². The van der Waals surface area contributed by atoms with E-state index in [1.54, 1.807) is 0 Å². The van der Waals surface area contributed by atoms with Gasteiger partial charge in [-0.05, 0) is 67.9 Å². The summed E-state index contributed by atoms with van der Waals surface area (Å²) < 4.78 is 64.7. The van der Waals surface area contributed by atoms with Gasteiger partial charge in [0, 0.05) is 24.3 Å². The first-order valence-electron chi connectivity index (χ1n) is 16.5. The number of rotatable bonds is 11. The van der Waals surface area contributed by atoms with Gasteiger partial charge in [-0.1, -0.05) is 92.1 Å². The van der Waals surface area contributed by atoms with Crippen molar-refractivity contribution in [1.29, 1.82) is 0 Å². The van der Waals surface area contributed by atoms with Gasteiger partial charge >= 0.3 is 15.6 Å². The van der Waals surface area contributed by atoms with E-state index < -0.39 is 27.9 Å². The van der Waals surface area contributed by atoms with Gasteiger partial charge in [0.05, 0.1) is 25.4 Å². The van der Waals surface area contributed by atoms with E-state index in [4.69, 9.17) is 27.1 Å². The molecule has 2 saturated heterocycles. The van der Waals surface area contributed by atoms with Gasteiger partial charge in [-0.2, -0.15) is 0 Å². The lowest BCUT2D eigenvalue weighted by Gasteiger charge is -2.33. The lowest BCUT2D eigenvalue weighted by Crippen LogP contribution is -2.18. The fourth-order valence-corrected chi connectivity index (χ4v) is 9.21. The minimum atomic E-state index is -4.04. The third kappa shape index (κ3) is 8.23. The summed E-state index contributed by atoms with van der Waals surface area (Å²) in [7, 11) is -8.08. The van der Waals surface area contributed by atoms with Crippen LogP contribution in [0.4, 0.5) is 0 Å². The van der Waals surface area contributed by atoms with Crippen LogP contribution in [0.25, 0.3) is 0 Å². The molecule has 0 N–H and O–H groups in total. The molecular weight excluding hydrogens is 622 g/mol. The molecule has 0 spiro atoms. The van der Waals surface area contributed by atoms with Crippen LogP contribution >= 0.6 is 15.6 Å². The summed E-state index contributed by atoms with van der Waals surface area (Å²) in [5.74, 6) is 0.562. The second kappa shape index (κ2) is 15.0. The summed E-state index contributed by atoms with van der Waals surface area (Å²) >= 11 is 0. The van der Waals surface area contributed by atoms with Crippen molar-refractivity contribution in [2.75, 3.05) is 13.2 Å². The number of benzene rings is 3. The van der Waals surface area contributed by atoms with Crippen LogP contribution in [0.5, 0.6) is 11.5 Å². The van der Waals surface area contributed by atoms with Gasteiger partial charge in [0.15, 0.2) is 0 Å². The third-order valence-corrected chi connectivity index (χ3v) is 11.6. The van der Waals surface area contributed by atoms with E-state index in [1.165, 1.54) is 5.57 Å². The second-order valence-corrected chi connectivity index (χ2v) is 15.4. The molecule has 0 aromatic heterocycles. The Kier molecular flexibility index (Phi) is 10.8. The van der Waals surface area contributed by atoms with E-state index in [-0.39, 0.29) is 19.1 Å². The van der Waals surface area contributed by atoms with E-state index in [0.29, 0.717) is 29.9 Å². The molecule has 5 unspecified atom stereocenters. The Labute approximate surface area is 272 Å². The van der Waals surface area contributed by atoms with E-state index in [9.17, 15) is 9.13 Å². The Balaban J connectivity index is 1.38. The normalized spacial score (nSPS) is 28.3. The minimum Gasteiger partial charge on any atom is -0.404 e. The molecule has 46 heavy (non-hydrogen) atoms. The highest BCUT2D eigenvalue weighted by Gasteiger charge is 2.42. The van der Waals surface area contributed by atoms with Crippen LogP contribution in [0.2, 0.25) is 0 Å². The zero-order chi connectivity index (χ0) is 32.0. The fraction of sp³-hybridized carbons (Fsp3) is 0.444. The van der Waals surface area contributed by atoms with E-state index in [1.807, 2.05) is 72.8 Å². The van der Waals surface area contributed by atoms with Crippen molar-refractivity contribution in [3.05, 3.63) is 107 Å². The lowest BCUT2D eigenvalue weighted by atomic mass is 9.84. The molecule has 0 bridgehead atoms. The highest BCUT2D eigenvalue weighted by atomic mass is 31.2. The molecule has 3 aromatic rings. The number of hydrogen-bond donors (Lipinski definition) is 0. The van der Waals surface area contributed by atoms with Crippen molar-refractivity contribution in [2.24, 2.45) is 0 Å². The van der Waals surface area contributed by atoms with Gasteiger partial charge in [0.25, 0.3) is 0 Å². The maximum Gasteiger partial charge on any atom is 0.530 e. The Morgan fingerprint density at radius 2 is 1.30 bits per heavy atom. The largest absolute Gasteiger partial charge is 0.530 e. The van der Waals surface area contributed by atoms with E-state index >= 15 is 0 Å². The molecule has 2 fully saturated rings. The number of allylic oxidation sites excluding steroid dienone is 2. The van der Waals surface area contributed by atoms with Crippen LogP contribution in [-0.4, -0.2) is 13.2 Å².